The number of rotatable bonds is 13. The van der Waals surface area contributed by atoms with Crippen LogP contribution in [0.15, 0.2) is 46.1 Å². The standard InChI is InChI=1S/C42H74O35/c43-7-1-14-21(50)29(58)37(65)72-16(3-9-45)23(52)31(60)39(67)74-18(5-11-47)25(54)33(62)41(69)77-35-20(13-49)76-42(34(63)27(35)56)75-19(6-12-48)26(55)32(61)40(68)73-17(4-10-46)24(53)30(59)38(66)71-15(2-8-44)22(51)28(57)36(64)70-14/h14-21,25,27,29,33-69H,1-13H2/b28-22-,30-24-,31-23-,32-26-/t14-,15-,16-,17-,18-,19-,20?,21?,25?,27-,29?,33?,34?,35-,36+,37-,38+,39-,40+,41-,42+/m1/s1. The van der Waals surface area contributed by atoms with Crippen molar-refractivity contribution in [3.05, 3.63) is 46.1 Å². The highest BCUT2D eigenvalue weighted by atomic mass is 16.7. The van der Waals surface area contributed by atoms with Crippen molar-refractivity contribution in [2.24, 2.45) is 0 Å². The molecule has 3 aliphatic rings. The molecule has 1 fully saturated rings. The van der Waals surface area contributed by atoms with E-state index in [1.807, 2.05) is 0 Å². The van der Waals surface area contributed by atoms with Gasteiger partial charge < -0.3 is 176 Å². The summed E-state index contributed by atoms with van der Waals surface area (Å²) in [5.41, 5.74) is 0. The third kappa shape index (κ3) is 19.2. The summed E-state index contributed by atoms with van der Waals surface area (Å²) < 4.78 is 41.4. The molecule has 1 saturated heterocycles. The van der Waals surface area contributed by atoms with Gasteiger partial charge in [-0.25, -0.2) is 0 Å². The minimum absolute atomic E-state index is 0.754. The Morgan fingerprint density at radius 2 is 0.558 bits per heavy atom. The first-order valence-corrected chi connectivity index (χ1v) is 23.4. The smallest absolute Gasteiger partial charge is 0.218 e. The van der Waals surface area contributed by atoms with E-state index in [2.05, 4.69) is 0 Å². The van der Waals surface area contributed by atoms with Crippen LogP contribution in [0.1, 0.15) is 38.5 Å². The summed E-state index contributed by atoms with van der Waals surface area (Å²) in [5, 5.41) is 284. The third-order valence-electron chi connectivity index (χ3n) is 11.6. The van der Waals surface area contributed by atoms with Gasteiger partial charge in [-0.05, 0) is 12.8 Å². The van der Waals surface area contributed by atoms with E-state index in [0.717, 1.165) is 0 Å². The average Bonchev–Trinajstić information content (AvgIpc) is 3.40. The maximum absolute atomic E-state index is 11.0. The fraction of sp³-hybridized carbons (Fsp3) is 0.810. The molecule has 77 heavy (non-hydrogen) atoms. The molecule has 35 heteroatoms. The molecule has 0 spiro atoms. The summed E-state index contributed by atoms with van der Waals surface area (Å²) in [6.45, 7) is -6.91. The summed E-state index contributed by atoms with van der Waals surface area (Å²) in [4.78, 5) is 0. The molecule has 0 radical (unpaired) electrons. The van der Waals surface area contributed by atoms with E-state index in [0.29, 0.717) is 0 Å². The van der Waals surface area contributed by atoms with E-state index in [1.165, 1.54) is 0 Å². The molecule has 21 atom stereocenters. The van der Waals surface area contributed by atoms with Crippen molar-refractivity contribution in [3.8, 4) is 0 Å². The van der Waals surface area contributed by atoms with Crippen LogP contribution < -0.4 is 0 Å². The van der Waals surface area contributed by atoms with Crippen molar-refractivity contribution < 1.29 is 176 Å². The normalized spacial score (nSPS) is 42.4. The molecule has 2 bridgehead atoms. The van der Waals surface area contributed by atoms with E-state index in [4.69, 9.17) is 37.9 Å². The zero-order chi connectivity index (χ0) is 58.6. The Balaban J connectivity index is 2.79. The maximum Gasteiger partial charge on any atom is 0.218 e. The van der Waals surface area contributed by atoms with Gasteiger partial charge in [-0.3, -0.25) is 0 Å². The third-order valence-corrected chi connectivity index (χ3v) is 11.6. The van der Waals surface area contributed by atoms with Gasteiger partial charge in [0.2, 0.25) is 25.2 Å². The molecule has 35 nitrogen and oxygen atoms in total. The highest BCUT2D eigenvalue weighted by Gasteiger charge is 2.49. The quantitative estimate of drug-likeness (QED) is 0.0814. The lowest BCUT2D eigenvalue weighted by atomic mass is 9.98. The summed E-state index contributed by atoms with van der Waals surface area (Å²) in [6.07, 6.45) is -55.5. The largest absolute Gasteiger partial charge is 0.506 e. The molecule has 0 aromatic rings. The van der Waals surface area contributed by atoms with Crippen molar-refractivity contribution in [2.75, 3.05) is 46.2 Å². The lowest BCUT2D eigenvalue weighted by Crippen LogP contribution is -2.62. The van der Waals surface area contributed by atoms with Gasteiger partial charge in [0.15, 0.2) is 64.9 Å². The van der Waals surface area contributed by atoms with E-state index in [1.54, 1.807) is 0 Å². The number of aliphatic hydroxyl groups excluding tert-OH is 27. The Labute approximate surface area is 435 Å². The van der Waals surface area contributed by atoms with Crippen LogP contribution in [0.5, 0.6) is 0 Å². The molecule has 0 aromatic heterocycles. The van der Waals surface area contributed by atoms with Crippen molar-refractivity contribution in [3.63, 3.8) is 0 Å². The van der Waals surface area contributed by atoms with Crippen LogP contribution in [-0.4, -0.2) is 314 Å². The van der Waals surface area contributed by atoms with Gasteiger partial charge in [-0.2, -0.15) is 0 Å². The predicted octanol–water partition coefficient (Wildman–Crippen LogP) is -8.91. The van der Waals surface area contributed by atoms with Gasteiger partial charge in [0.05, 0.1) is 18.8 Å². The van der Waals surface area contributed by atoms with Gasteiger partial charge in [0.1, 0.15) is 73.2 Å². The molecule has 3 aliphatic heterocycles. The summed E-state index contributed by atoms with van der Waals surface area (Å²) >= 11 is 0. The topological polar surface area (TPSA) is 620 Å². The molecule has 0 aromatic carbocycles. The molecule has 0 saturated carbocycles. The molecule has 3 rings (SSSR count). The first-order valence-electron chi connectivity index (χ1n) is 23.4. The second kappa shape index (κ2) is 33.8. The minimum Gasteiger partial charge on any atom is -0.506 e. The van der Waals surface area contributed by atoms with Crippen LogP contribution in [0, 0.1) is 0 Å². The van der Waals surface area contributed by atoms with Gasteiger partial charge in [0.25, 0.3) is 0 Å². The number of aliphatic hydroxyl groups is 27. The average molecular weight is 1140 g/mol. The minimum atomic E-state index is -2.84. The Kier molecular flexibility index (Phi) is 30.4. The Morgan fingerprint density at radius 1 is 0.260 bits per heavy atom. The fourth-order valence-electron chi connectivity index (χ4n) is 7.27. The first-order chi connectivity index (χ1) is 36.2. The summed E-state index contributed by atoms with van der Waals surface area (Å²) in [5.74, 6) is -12.6. The van der Waals surface area contributed by atoms with Crippen LogP contribution in [0.25, 0.3) is 0 Å². The van der Waals surface area contributed by atoms with Crippen LogP contribution in [0.4, 0.5) is 0 Å². The monoisotopic (exact) mass is 1140 g/mol. The van der Waals surface area contributed by atoms with Crippen LogP contribution in [0.3, 0.4) is 0 Å². The maximum atomic E-state index is 11.0. The van der Waals surface area contributed by atoms with E-state index in [9.17, 15) is 138 Å². The molecule has 3 heterocycles. The molecule has 6 unspecified atom stereocenters. The molecular formula is C42H74O35. The van der Waals surface area contributed by atoms with E-state index >= 15 is 0 Å². The number of fused-ring (bicyclic) bond motifs is 28. The molecule has 0 aliphatic carbocycles. The van der Waals surface area contributed by atoms with Gasteiger partial charge in [-0.15, -0.1) is 0 Å². The Morgan fingerprint density at radius 3 is 0.883 bits per heavy atom. The first kappa shape index (κ1) is 69.4. The second-order valence-corrected chi connectivity index (χ2v) is 17.0. The summed E-state index contributed by atoms with van der Waals surface area (Å²) in [6, 6.07) is 0. The number of ether oxygens (including phenoxy) is 8. The highest BCUT2D eigenvalue weighted by Crippen LogP contribution is 2.31. The zero-order valence-corrected chi connectivity index (χ0v) is 40.7. The highest BCUT2D eigenvalue weighted by molar-refractivity contribution is 5.13. The van der Waals surface area contributed by atoms with Gasteiger partial charge >= 0.3 is 0 Å². The van der Waals surface area contributed by atoms with Crippen LogP contribution >= 0.6 is 0 Å². The number of hydrogen-bond acceptors (Lipinski definition) is 35. The van der Waals surface area contributed by atoms with Gasteiger partial charge in [0, 0.05) is 65.3 Å². The molecule has 0 amide bonds. The second-order valence-electron chi connectivity index (χ2n) is 17.0. The fourth-order valence-corrected chi connectivity index (χ4v) is 7.27. The zero-order valence-electron chi connectivity index (χ0n) is 40.7. The SMILES string of the molecule is OCC[C@H]1O[C@@H](O)C(O)C(O)[C@@H](CCO)O[C@H](O)/C(O)=C(/O)[C@@H](CCO)O[C@H](O)/C(O)=C(/O)[C@@H](CCO)O[C@H](O)/C(O)=C(/O)[C@@H](CCO)O[C@H]2OC(CO)[C@@H](O[C@@H](O)C(O)C(O)[C@@H](CCO)O[C@@H](O)/C(O)=C\1O)[C@H](O)C2O. The van der Waals surface area contributed by atoms with Crippen LogP contribution in [-0.2, 0) is 37.9 Å². The van der Waals surface area contributed by atoms with Gasteiger partial charge in [-0.1, -0.05) is 0 Å². The molecular weight excluding hydrogens is 1060 g/mol. The van der Waals surface area contributed by atoms with Crippen molar-refractivity contribution in [1.29, 1.82) is 0 Å². The Bertz CT molecular complexity index is 1830. The van der Waals surface area contributed by atoms with Crippen LogP contribution in [0.2, 0.25) is 0 Å². The molecule has 452 valence electrons. The predicted molar refractivity (Wildman–Crippen MR) is 241 cm³/mol. The Hall–Kier alpha value is -3.72. The number of hydrogen-bond donors (Lipinski definition) is 27. The lowest BCUT2D eigenvalue weighted by Gasteiger charge is -2.43. The van der Waals surface area contributed by atoms with E-state index in [-0.39, 0.29) is 0 Å². The lowest BCUT2D eigenvalue weighted by molar-refractivity contribution is -0.340. The van der Waals surface area contributed by atoms with E-state index < -0.39 is 260 Å². The summed E-state index contributed by atoms with van der Waals surface area (Å²) in [7, 11) is 0. The van der Waals surface area contributed by atoms with Crippen molar-refractivity contribution in [1.82, 2.24) is 0 Å². The van der Waals surface area contributed by atoms with Crippen molar-refractivity contribution >= 4 is 0 Å². The molecule has 27 N–H and O–H groups in total. The van der Waals surface area contributed by atoms with Crippen molar-refractivity contribution in [2.45, 2.75) is 168 Å².